The predicted molar refractivity (Wildman–Crippen MR) is 184 cm³/mol. The van der Waals surface area contributed by atoms with Gasteiger partial charge in [0.25, 0.3) is 0 Å². The average Bonchev–Trinajstić information content (AvgIpc) is 3.14. The molecule has 0 unspecified atom stereocenters. The van der Waals surface area contributed by atoms with E-state index in [-0.39, 0.29) is 0 Å². The van der Waals surface area contributed by atoms with E-state index >= 15 is 0 Å². The van der Waals surface area contributed by atoms with Crippen molar-refractivity contribution in [2.45, 2.75) is 29.4 Å². The summed E-state index contributed by atoms with van der Waals surface area (Å²) < 4.78 is 24.6. The zero-order valence-corrected chi connectivity index (χ0v) is 27.2. The van der Waals surface area contributed by atoms with E-state index in [0.29, 0.717) is 11.5 Å². The summed E-state index contributed by atoms with van der Waals surface area (Å²) >= 11 is 0. The maximum Gasteiger partial charge on any atom is 0.531 e. The number of methoxy groups -OCH3 is 2. The van der Waals surface area contributed by atoms with Crippen molar-refractivity contribution in [2.24, 2.45) is 0 Å². The second-order valence-corrected chi connectivity index (χ2v) is 15.5. The molecule has 5 nitrogen and oxygen atoms in total. The van der Waals surface area contributed by atoms with E-state index in [2.05, 4.69) is 0 Å². The maximum absolute atomic E-state index is 14.7. The van der Waals surface area contributed by atoms with Gasteiger partial charge in [-0.05, 0) is 118 Å². The molecule has 0 saturated carbocycles. The first-order valence-corrected chi connectivity index (χ1v) is 17.8. The lowest BCUT2D eigenvalue weighted by molar-refractivity contribution is 0.163. The zero-order valence-electron chi connectivity index (χ0n) is 25.5. The summed E-state index contributed by atoms with van der Waals surface area (Å²) in [5.41, 5.74) is 0. The highest BCUT2D eigenvalue weighted by Gasteiger charge is 2.41. The normalized spacial score (nSPS) is 12.0. The van der Waals surface area contributed by atoms with Gasteiger partial charge in [0.2, 0.25) is 0 Å². The molecule has 232 valence electrons. The highest BCUT2D eigenvalue weighted by Crippen LogP contribution is 2.72. The highest BCUT2D eigenvalue weighted by atomic mass is 32.3. The molecule has 0 amide bonds. The third kappa shape index (κ3) is 5.95. The largest absolute Gasteiger partial charge is 0.531 e. The minimum absolute atomic E-state index is 0.705. The van der Waals surface area contributed by atoms with Crippen molar-refractivity contribution < 1.29 is 22.6 Å². The molecule has 0 heterocycles. The van der Waals surface area contributed by atoms with Crippen LogP contribution in [0.25, 0.3) is 0 Å². The van der Waals surface area contributed by atoms with Crippen LogP contribution in [0.15, 0.2) is 199 Å². The van der Waals surface area contributed by atoms with E-state index in [4.69, 9.17) is 17.8 Å². The summed E-state index contributed by atoms with van der Waals surface area (Å²) in [5, 5.41) is 0. The molecule has 0 N–H and O–H groups in total. The zero-order chi connectivity index (χ0) is 31.8. The molecule has 0 aliphatic carbocycles. The Morgan fingerprint density at radius 1 is 0.370 bits per heavy atom. The van der Waals surface area contributed by atoms with E-state index in [1.165, 1.54) is 0 Å². The van der Waals surface area contributed by atoms with Gasteiger partial charge >= 0.3 is 6.16 Å². The van der Waals surface area contributed by atoms with Gasteiger partial charge in [0.15, 0.2) is 0 Å². The Balaban J connectivity index is 1.55. The van der Waals surface area contributed by atoms with Gasteiger partial charge in [-0.1, -0.05) is 72.8 Å². The Kier molecular flexibility index (Phi) is 9.33. The molecule has 0 saturated heterocycles. The lowest BCUT2D eigenvalue weighted by Crippen LogP contribution is -2.18. The molecular weight excluding hydrogens is 613 g/mol. The molecule has 0 aliphatic heterocycles. The van der Waals surface area contributed by atoms with Crippen LogP contribution in [0.1, 0.15) is 0 Å². The Bertz CT molecular complexity index is 1630. The van der Waals surface area contributed by atoms with E-state index in [9.17, 15) is 4.79 Å². The van der Waals surface area contributed by atoms with Crippen LogP contribution < -0.4 is 9.47 Å². The Labute approximate surface area is 273 Å². The molecule has 0 aromatic heterocycles. The molecule has 7 heteroatoms. The molecule has 0 bridgehead atoms. The number of rotatable bonds is 10. The van der Waals surface area contributed by atoms with Gasteiger partial charge in [-0.2, -0.15) is 0 Å². The fourth-order valence-electron chi connectivity index (χ4n) is 5.31. The molecule has 6 aromatic rings. The van der Waals surface area contributed by atoms with Gasteiger partial charge in [0.05, 0.1) is 14.2 Å². The van der Waals surface area contributed by atoms with Crippen molar-refractivity contribution in [2.75, 3.05) is 14.2 Å². The summed E-state index contributed by atoms with van der Waals surface area (Å²) in [4.78, 5) is 19.8. The Morgan fingerprint density at radius 2 is 0.609 bits per heavy atom. The first-order chi connectivity index (χ1) is 22.6. The Hall–Kier alpha value is -5.11. The van der Waals surface area contributed by atoms with Crippen LogP contribution >= 0.6 is 20.6 Å². The lowest BCUT2D eigenvalue weighted by atomic mass is 10.3. The molecule has 6 aromatic carbocycles. The van der Waals surface area contributed by atoms with Crippen LogP contribution in [0.3, 0.4) is 0 Å². The fourth-order valence-corrected chi connectivity index (χ4v) is 11.2. The second kappa shape index (κ2) is 13.9. The first-order valence-electron chi connectivity index (χ1n) is 14.7. The summed E-state index contributed by atoms with van der Waals surface area (Å²) in [6.45, 7) is 0. The number of carbonyl (C=O) groups excluding carboxylic acids is 1. The number of hydrogen-bond acceptors (Lipinski definition) is 5. The molecule has 6 rings (SSSR count). The third-order valence-corrected chi connectivity index (χ3v) is 13.9. The standard InChI is InChI=1S/C39H34O5S2/c1-41-31-23-27-37(28-24-31)45(33-15-7-3-8-16-33,34-17-9-4-10-18-34)43-39(40)44-46(35-19-11-5-12-20-35,36-21-13-6-14-22-36)38-29-25-32(42-2)26-30-38/h3-30H,1-2H3. The van der Waals surface area contributed by atoms with Crippen LogP contribution in [0, 0.1) is 0 Å². The summed E-state index contributed by atoms with van der Waals surface area (Å²) in [6, 6.07) is 54.8. The van der Waals surface area contributed by atoms with Crippen LogP contribution in [0.5, 0.6) is 11.5 Å². The predicted octanol–water partition coefficient (Wildman–Crippen LogP) is 11.0. The molecule has 0 radical (unpaired) electrons. The summed E-state index contributed by atoms with van der Waals surface area (Å²) in [6.07, 6.45) is -0.781. The first kappa shape index (κ1) is 30.9. The second-order valence-electron chi connectivity index (χ2n) is 10.1. The third-order valence-electron chi connectivity index (χ3n) is 7.47. The SMILES string of the molecule is COc1ccc(S(OC(=O)OS(c2ccccc2)(c2ccccc2)c2ccc(OC)cc2)(c2ccccc2)c2ccccc2)cc1. The van der Waals surface area contributed by atoms with Crippen molar-refractivity contribution >= 4 is 26.8 Å². The highest BCUT2D eigenvalue weighted by molar-refractivity contribution is 8.31. The number of benzene rings is 6. The van der Waals surface area contributed by atoms with Crippen molar-refractivity contribution in [3.05, 3.63) is 170 Å². The van der Waals surface area contributed by atoms with Crippen molar-refractivity contribution in [3.8, 4) is 11.5 Å². The topological polar surface area (TPSA) is 54.0 Å². The van der Waals surface area contributed by atoms with Crippen LogP contribution in [0.4, 0.5) is 4.79 Å². The van der Waals surface area contributed by atoms with E-state index in [1.807, 2.05) is 170 Å². The molecule has 0 spiro atoms. The molecule has 0 aliphatic rings. The smallest absolute Gasteiger partial charge is 0.497 e. The monoisotopic (exact) mass is 646 g/mol. The summed E-state index contributed by atoms with van der Waals surface area (Å²) in [5.74, 6) is 1.41. The van der Waals surface area contributed by atoms with Crippen LogP contribution in [-0.2, 0) is 8.37 Å². The van der Waals surface area contributed by atoms with Gasteiger partial charge in [0, 0.05) is 29.4 Å². The number of ether oxygens (including phenoxy) is 2. The molecule has 0 atom stereocenters. The van der Waals surface area contributed by atoms with Crippen molar-refractivity contribution in [1.29, 1.82) is 0 Å². The number of carbonyl (C=O) groups is 1. The minimum Gasteiger partial charge on any atom is -0.497 e. The van der Waals surface area contributed by atoms with Crippen molar-refractivity contribution in [3.63, 3.8) is 0 Å². The molecule has 0 fully saturated rings. The summed E-state index contributed by atoms with van der Waals surface area (Å²) in [7, 11) is -1.98. The van der Waals surface area contributed by atoms with Crippen LogP contribution in [0.2, 0.25) is 0 Å². The fraction of sp³-hybridized carbons (Fsp3) is 0.0513. The van der Waals surface area contributed by atoms with Gasteiger partial charge < -0.3 is 17.8 Å². The number of hydrogen-bond donors (Lipinski definition) is 0. The van der Waals surface area contributed by atoms with E-state index < -0.39 is 26.8 Å². The van der Waals surface area contributed by atoms with E-state index in [0.717, 1.165) is 29.4 Å². The average molecular weight is 647 g/mol. The molecular formula is C39H34O5S2. The Morgan fingerprint density at radius 3 is 0.848 bits per heavy atom. The van der Waals surface area contributed by atoms with Gasteiger partial charge in [-0.15, -0.1) is 0 Å². The van der Waals surface area contributed by atoms with Gasteiger partial charge in [0.1, 0.15) is 11.5 Å². The van der Waals surface area contributed by atoms with Crippen LogP contribution in [-0.4, -0.2) is 20.4 Å². The lowest BCUT2D eigenvalue weighted by Gasteiger charge is -2.43. The van der Waals surface area contributed by atoms with E-state index in [1.54, 1.807) is 14.2 Å². The minimum atomic E-state index is -2.62. The van der Waals surface area contributed by atoms with Crippen molar-refractivity contribution in [1.82, 2.24) is 0 Å². The van der Waals surface area contributed by atoms with Gasteiger partial charge in [-0.25, -0.2) is 4.79 Å². The van der Waals surface area contributed by atoms with Gasteiger partial charge in [-0.3, -0.25) is 0 Å². The quantitative estimate of drug-likeness (QED) is 0.148. The maximum atomic E-state index is 14.7. The molecule has 46 heavy (non-hydrogen) atoms.